The van der Waals surface area contributed by atoms with Crippen LogP contribution in [-0.2, 0) is 17.8 Å². The molecule has 7 nitrogen and oxygen atoms in total. The summed E-state index contributed by atoms with van der Waals surface area (Å²) in [6.07, 6.45) is 7.59. The van der Waals surface area contributed by atoms with Gasteiger partial charge in [-0.1, -0.05) is 0 Å². The number of hydrogen-bond acceptors (Lipinski definition) is 5. The van der Waals surface area contributed by atoms with Crippen molar-refractivity contribution < 1.29 is 9.53 Å². The van der Waals surface area contributed by atoms with Crippen LogP contribution in [0.3, 0.4) is 0 Å². The van der Waals surface area contributed by atoms with Gasteiger partial charge in [0.25, 0.3) is 5.91 Å². The van der Waals surface area contributed by atoms with Gasteiger partial charge < -0.3 is 14.2 Å². The van der Waals surface area contributed by atoms with E-state index in [-0.39, 0.29) is 11.8 Å². The van der Waals surface area contributed by atoms with E-state index in [1.807, 2.05) is 11.2 Å². The fraction of sp³-hybridized carbons (Fsp3) is 0.529. The van der Waals surface area contributed by atoms with Crippen LogP contribution >= 0.6 is 0 Å². The van der Waals surface area contributed by atoms with Gasteiger partial charge in [0.05, 0.1) is 43.1 Å². The number of methoxy groups -OCH3 is 1. The third kappa shape index (κ3) is 2.91. The highest BCUT2D eigenvalue weighted by Gasteiger charge is 2.33. The molecule has 1 fully saturated rings. The predicted octanol–water partition coefficient (Wildman–Crippen LogP) is 1.47. The van der Waals surface area contributed by atoms with Crippen molar-refractivity contribution in [3.8, 4) is 0 Å². The highest BCUT2D eigenvalue weighted by atomic mass is 16.5. The van der Waals surface area contributed by atoms with E-state index in [4.69, 9.17) is 4.74 Å². The second kappa shape index (κ2) is 6.32. The number of carbonyl (C=O) groups is 1. The van der Waals surface area contributed by atoms with Crippen LogP contribution in [0.15, 0.2) is 24.8 Å². The van der Waals surface area contributed by atoms with Crippen molar-refractivity contribution in [2.24, 2.45) is 5.92 Å². The first kappa shape index (κ1) is 15.3. The van der Waals surface area contributed by atoms with Crippen LogP contribution in [0.2, 0.25) is 0 Å². The van der Waals surface area contributed by atoms with Crippen LogP contribution in [0.25, 0.3) is 0 Å². The van der Waals surface area contributed by atoms with Gasteiger partial charge in [0.15, 0.2) is 0 Å². The lowest BCUT2D eigenvalue weighted by molar-refractivity contribution is 0.0671. The summed E-state index contributed by atoms with van der Waals surface area (Å²) in [5.41, 5.74) is 2.78. The molecule has 0 spiro atoms. The van der Waals surface area contributed by atoms with E-state index < -0.39 is 0 Å². The van der Waals surface area contributed by atoms with E-state index in [2.05, 4.69) is 19.7 Å². The average molecular weight is 327 g/mol. The SMILES string of the molecule is COC[C@H]1CN(C(=O)c2ccnnc2)Cc2ncn(CC3CC3)c21. The maximum Gasteiger partial charge on any atom is 0.255 e. The Balaban J connectivity index is 1.60. The molecule has 1 aliphatic heterocycles. The fourth-order valence-corrected chi connectivity index (χ4v) is 3.43. The van der Waals surface area contributed by atoms with Gasteiger partial charge in [-0.2, -0.15) is 10.2 Å². The number of carbonyl (C=O) groups excluding carboxylic acids is 1. The smallest absolute Gasteiger partial charge is 0.255 e. The van der Waals surface area contributed by atoms with E-state index >= 15 is 0 Å². The van der Waals surface area contributed by atoms with Gasteiger partial charge in [-0.05, 0) is 24.8 Å². The minimum atomic E-state index is -0.0339. The summed E-state index contributed by atoms with van der Waals surface area (Å²) in [7, 11) is 1.70. The first-order valence-electron chi connectivity index (χ1n) is 8.35. The summed E-state index contributed by atoms with van der Waals surface area (Å²) in [5, 5.41) is 7.54. The summed E-state index contributed by atoms with van der Waals surface area (Å²) in [4.78, 5) is 19.1. The van der Waals surface area contributed by atoms with Crippen molar-refractivity contribution in [2.45, 2.75) is 31.8 Å². The molecule has 0 N–H and O–H groups in total. The van der Waals surface area contributed by atoms with Crippen LogP contribution in [0.1, 0.15) is 40.5 Å². The molecule has 2 aromatic rings. The maximum atomic E-state index is 12.7. The number of rotatable bonds is 5. The molecule has 126 valence electrons. The largest absolute Gasteiger partial charge is 0.384 e. The highest BCUT2D eigenvalue weighted by molar-refractivity contribution is 5.93. The van der Waals surface area contributed by atoms with E-state index in [0.717, 1.165) is 18.2 Å². The molecule has 0 unspecified atom stereocenters. The van der Waals surface area contributed by atoms with Gasteiger partial charge in [0.1, 0.15) is 0 Å². The second-order valence-corrected chi connectivity index (χ2v) is 6.64. The Kier molecular flexibility index (Phi) is 4.02. The third-order valence-corrected chi connectivity index (χ3v) is 4.76. The van der Waals surface area contributed by atoms with Crippen LogP contribution in [-0.4, -0.2) is 50.8 Å². The number of amides is 1. The molecule has 7 heteroatoms. The quantitative estimate of drug-likeness (QED) is 0.831. The molecule has 0 radical (unpaired) electrons. The molecule has 2 aromatic heterocycles. The Morgan fingerprint density at radius 2 is 2.25 bits per heavy atom. The zero-order valence-electron chi connectivity index (χ0n) is 13.8. The fourth-order valence-electron chi connectivity index (χ4n) is 3.43. The summed E-state index contributed by atoms with van der Waals surface area (Å²) in [6.45, 7) is 2.79. The van der Waals surface area contributed by atoms with Crippen molar-refractivity contribution in [1.82, 2.24) is 24.6 Å². The number of hydrogen-bond donors (Lipinski definition) is 0. The van der Waals surface area contributed by atoms with Crippen LogP contribution in [0.4, 0.5) is 0 Å². The van der Waals surface area contributed by atoms with Gasteiger partial charge in [-0.25, -0.2) is 4.98 Å². The minimum absolute atomic E-state index is 0.0339. The third-order valence-electron chi connectivity index (χ3n) is 4.76. The molecule has 1 saturated carbocycles. The molecular formula is C17H21N5O2. The van der Waals surface area contributed by atoms with Gasteiger partial charge in [0, 0.05) is 31.8 Å². The molecule has 1 amide bonds. The number of nitrogens with zero attached hydrogens (tertiary/aromatic N) is 5. The van der Waals surface area contributed by atoms with E-state index in [0.29, 0.717) is 25.3 Å². The van der Waals surface area contributed by atoms with Crippen LogP contribution < -0.4 is 0 Å². The molecule has 3 heterocycles. The lowest BCUT2D eigenvalue weighted by Gasteiger charge is -2.33. The Labute approximate surface area is 140 Å². The highest BCUT2D eigenvalue weighted by Crippen LogP contribution is 2.34. The minimum Gasteiger partial charge on any atom is -0.384 e. The number of aromatic nitrogens is 4. The zero-order chi connectivity index (χ0) is 16.5. The van der Waals surface area contributed by atoms with Crippen molar-refractivity contribution in [3.63, 3.8) is 0 Å². The van der Waals surface area contributed by atoms with Gasteiger partial charge in [-0.15, -0.1) is 0 Å². The number of fused-ring (bicyclic) bond motifs is 1. The van der Waals surface area contributed by atoms with Crippen molar-refractivity contribution in [2.75, 3.05) is 20.3 Å². The molecule has 4 rings (SSSR count). The Morgan fingerprint density at radius 1 is 1.38 bits per heavy atom. The van der Waals surface area contributed by atoms with Gasteiger partial charge in [0.2, 0.25) is 0 Å². The standard InChI is InChI=1S/C17H21N5O2/c1-24-10-14-8-21(17(23)13-4-5-19-20-6-13)9-15-16(14)22(11-18-15)7-12-2-3-12/h4-6,11-12,14H,2-3,7-10H2,1H3/t14-/m1/s1. The molecule has 2 aliphatic rings. The molecular weight excluding hydrogens is 306 g/mol. The number of imidazole rings is 1. The monoisotopic (exact) mass is 327 g/mol. The number of ether oxygens (including phenoxy) is 1. The summed E-state index contributed by atoms with van der Waals surface area (Å²) in [6, 6.07) is 1.70. The molecule has 1 aliphatic carbocycles. The lowest BCUT2D eigenvalue weighted by Crippen LogP contribution is -2.40. The first-order valence-corrected chi connectivity index (χ1v) is 8.35. The molecule has 0 aromatic carbocycles. The summed E-state index contributed by atoms with van der Waals surface area (Å²) in [5.74, 6) is 0.904. The Bertz CT molecular complexity index is 726. The van der Waals surface area contributed by atoms with Crippen molar-refractivity contribution in [3.05, 3.63) is 41.7 Å². The molecule has 0 saturated heterocycles. The Hall–Kier alpha value is -2.28. The van der Waals surface area contributed by atoms with Gasteiger partial charge in [-0.3, -0.25) is 4.79 Å². The van der Waals surface area contributed by atoms with Crippen LogP contribution in [0.5, 0.6) is 0 Å². The summed E-state index contributed by atoms with van der Waals surface area (Å²) < 4.78 is 7.69. The van der Waals surface area contributed by atoms with Crippen molar-refractivity contribution >= 4 is 5.91 Å². The summed E-state index contributed by atoms with van der Waals surface area (Å²) >= 11 is 0. The topological polar surface area (TPSA) is 73.1 Å². The average Bonchev–Trinajstić information content (AvgIpc) is 3.34. The first-order chi connectivity index (χ1) is 11.8. The normalized spacial score (nSPS) is 20.0. The van der Waals surface area contributed by atoms with Crippen molar-refractivity contribution in [1.29, 1.82) is 0 Å². The second-order valence-electron chi connectivity index (χ2n) is 6.64. The lowest BCUT2D eigenvalue weighted by atomic mass is 9.98. The molecule has 0 bridgehead atoms. The Morgan fingerprint density at radius 3 is 2.96 bits per heavy atom. The van der Waals surface area contributed by atoms with E-state index in [9.17, 15) is 4.79 Å². The maximum absolute atomic E-state index is 12.7. The molecule has 24 heavy (non-hydrogen) atoms. The van der Waals surface area contributed by atoms with Gasteiger partial charge >= 0.3 is 0 Å². The van der Waals surface area contributed by atoms with E-state index in [1.165, 1.54) is 24.7 Å². The predicted molar refractivity (Wildman–Crippen MR) is 86.3 cm³/mol. The van der Waals surface area contributed by atoms with Crippen LogP contribution in [0, 0.1) is 5.92 Å². The zero-order valence-corrected chi connectivity index (χ0v) is 13.8. The van der Waals surface area contributed by atoms with E-state index in [1.54, 1.807) is 19.4 Å². The molecule has 1 atom stereocenters.